The summed E-state index contributed by atoms with van der Waals surface area (Å²) in [6.07, 6.45) is -2.54. The molecule has 0 aliphatic rings. The molecule has 0 spiro atoms. The van der Waals surface area contributed by atoms with E-state index in [1.54, 1.807) is 0 Å². The molecular formula is C12H16N2O5. The Morgan fingerprint density at radius 2 is 2.00 bits per heavy atom. The fourth-order valence-corrected chi connectivity index (χ4v) is 1.54. The standard InChI is InChI=1S/C12H16N2O5/c1-6(15)14-5-10(16)11(17)8-3-2-7(12(18)19)4-9(8)13/h2-4,10-11,16-17H,5,13H2,1H3,(H,14,15)(H,18,19). The fraction of sp³-hybridized carbons (Fsp3) is 0.333. The summed E-state index contributed by atoms with van der Waals surface area (Å²) >= 11 is 0. The van der Waals surface area contributed by atoms with Crippen LogP contribution in [0.3, 0.4) is 0 Å². The van der Waals surface area contributed by atoms with Gasteiger partial charge in [0.25, 0.3) is 0 Å². The van der Waals surface area contributed by atoms with Crippen LogP contribution >= 0.6 is 0 Å². The van der Waals surface area contributed by atoms with Gasteiger partial charge in [0.2, 0.25) is 5.91 Å². The van der Waals surface area contributed by atoms with Crippen LogP contribution in [0.25, 0.3) is 0 Å². The Labute approximate surface area is 109 Å². The van der Waals surface area contributed by atoms with Crippen molar-refractivity contribution in [2.45, 2.75) is 19.1 Å². The van der Waals surface area contributed by atoms with Crippen LogP contribution in [0.2, 0.25) is 0 Å². The first-order valence-electron chi connectivity index (χ1n) is 5.56. The van der Waals surface area contributed by atoms with E-state index in [9.17, 15) is 19.8 Å². The van der Waals surface area contributed by atoms with Gasteiger partial charge in [-0.2, -0.15) is 0 Å². The molecule has 0 fully saturated rings. The number of hydrogen-bond donors (Lipinski definition) is 5. The third-order valence-electron chi connectivity index (χ3n) is 2.58. The molecule has 6 N–H and O–H groups in total. The highest BCUT2D eigenvalue weighted by molar-refractivity contribution is 5.89. The van der Waals surface area contributed by atoms with E-state index in [1.165, 1.54) is 25.1 Å². The van der Waals surface area contributed by atoms with E-state index < -0.39 is 18.2 Å². The van der Waals surface area contributed by atoms with Gasteiger partial charge in [0.1, 0.15) is 12.2 Å². The van der Waals surface area contributed by atoms with Crippen molar-refractivity contribution < 1.29 is 24.9 Å². The van der Waals surface area contributed by atoms with Crippen molar-refractivity contribution in [3.63, 3.8) is 0 Å². The lowest BCUT2D eigenvalue weighted by atomic mass is 10.0. The number of nitrogen functional groups attached to an aromatic ring is 1. The highest BCUT2D eigenvalue weighted by Crippen LogP contribution is 2.24. The lowest BCUT2D eigenvalue weighted by Gasteiger charge is -2.20. The zero-order valence-electron chi connectivity index (χ0n) is 10.3. The number of carbonyl (C=O) groups excluding carboxylic acids is 1. The zero-order valence-corrected chi connectivity index (χ0v) is 10.3. The molecule has 2 atom stereocenters. The lowest BCUT2D eigenvalue weighted by Crippen LogP contribution is -2.34. The molecule has 0 aliphatic heterocycles. The summed E-state index contributed by atoms with van der Waals surface area (Å²) in [7, 11) is 0. The molecule has 0 radical (unpaired) electrons. The summed E-state index contributed by atoms with van der Waals surface area (Å²) in [5.41, 5.74) is 5.90. The van der Waals surface area contributed by atoms with Gasteiger partial charge in [-0.15, -0.1) is 0 Å². The number of aliphatic hydroxyl groups is 2. The summed E-state index contributed by atoms with van der Waals surface area (Å²) < 4.78 is 0. The number of nitrogens with two attached hydrogens (primary N) is 1. The number of carboxylic acid groups (broad SMARTS) is 1. The summed E-state index contributed by atoms with van der Waals surface area (Å²) in [6, 6.07) is 3.81. The number of aliphatic hydroxyl groups excluding tert-OH is 2. The Morgan fingerprint density at radius 3 is 2.47 bits per heavy atom. The van der Waals surface area contributed by atoms with E-state index in [0.717, 1.165) is 0 Å². The second-order valence-corrected chi connectivity index (χ2v) is 4.10. The summed E-state index contributed by atoms with van der Waals surface area (Å²) in [6.45, 7) is 1.16. The molecule has 1 aromatic carbocycles. The minimum absolute atomic E-state index is 0.00944. The van der Waals surface area contributed by atoms with Crippen molar-refractivity contribution in [3.05, 3.63) is 29.3 Å². The number of nitrogens with one attached hydrogen (secondary N) is 1. The summed E-state index contributed by atoms with van der Waals surface area (Å²) in [5, 5.41) is 30.7. The smallest absolute Gasteiger partial charge is 0.335 e. The van der Waals surface area contributed by atoms with Crippen molar-refractivity contribution in [1.29, 1.82) is 0 Å². The molecule has 0 aromatic heterocycles. The molecule has 0 saturated carbocycles. The minimum Gasteiger partial charge on any atom is -0.478 e. The van der Waals surface area contributed by atoms with Crippen molar-refractivity contribution >= 4 is 17.6 Å². The molecule has 104 valence electrons. The van der Waals surface area contributed by atoms with Crippen LogP contribution in [0.15, 0.2) is 18.2 Å². The van der Waals surface area contributed by atoms with Crippen molar-refractivity contribution in [2.24, 2.45) is 0 Å². The topological polar surface area (TPSA) is 133 Å². The first-order valence-corrected chi connectivity index (χ1v) is 5.56. The molecule has 0 bridgehead atoms. The normalized spacial score (nSPS) is 13.6. The van der Waals surface area contributed by atoms with E-state index in [0.29, 0.717) is 0 Å². The summed E-state index contributed by atoms with van der Waals surface area (Å²) in [5.74, 6) is -1.47. The van der Waals surface area contributed by atoms with Crippen molar-refractivity contribution in [2.75, 3.05) is 12.3 Å². The molecule has 1 amide bonds. The van der Waals surface area contributed by atoms with Crippen LogP contribution in [0, 0.1) is 0 Å². The number of carbonyl (C=O) groups is 2. The molecule has 2 unspecified atom stereocenters. The molecular weight excluding hydrogens is 252 g/mol. The van der Waals surface area contributed by atoms with Gasteiger partial charge < -0.3 is 26.4 Å². The van der Waals surface area contributed by atoms with E-state index >= 15 is 0 Å². The number of benzene rings is 1. The first kappa shape index (κ1) is 14.9. The number of carboxylic acids is 1. The number of aromatic carboxylic acids is 1. The van der Waals surface area contributed by atoms with E-state index in [2.05, 4.69) is 5.32 Å². The van der Waals surface area contributed by atoms with E-state index in [-0.39, 0.29) is 29.3 Å². The lowest BCUT2D eigenvalue weighted by molar-refractivity contribution is -0.119. The van der Waals surface area contributed by atoms with Gasteiger partial charge in [0, 0.05) is 24.7 Å². The van der Waals surface area contributed by atoms with Crippen LogP contribution in [-0.4, -0.2) is 39.8 Å². The molecule has 7 nitrogen and oxygen atoms in total. The van der Waals surface area contributed by atoms with Crippen molar-refractivity contribution in [3.8, 4) is 0 Å². The molecule has 1 aromatic rings. The van der Waals surface area contributed by atoms with Crippen LogP contribution in [-0.2, 0) is 4.79 Å². The molecule has 1 rings (SSSR count). The van der Waals surface area contributed by atoms with Gasteiger partial charge in [-0.1, -0.05) is 6.07 Å². The SMILES string of the molecule is CC(=O)NCC(O)C(O)c1ccc(C(=O)O)cc1N. The van der Waals surface area contributed by atoms with Gasteiger partial charge in [-0.05, 0) is 12.1 Å². The average Bonchev–Trinajstić information content (AvgIpc) is 2.34. The minimum atomic E-state index is -1.31. The fourth-order valence-electron chi connectivity index (χ4n) is 1.54. The van der Waals surface area contributed by atoms with Gasteiger partial charge in [0.15, 0.2) is 0 Å². The second kappa shape index (κ2) is 6.17. The van der Waals surface area contributed by atoms with Gasteiger partial charge in [0.05, 0.1) is 5.56 Å². The Kier molecular flexibility index (Phi) is 4.85. The quantitative estimate of drug-likeness (QED) is 0.457. The third-order valence-corrected chi connectivity index (χ3v) is 2.58. The molecule has 0 saturated heterocycles. The summed E-state index contributed by atoms with van der Waals surface area (Å²) in [4.78, 5) is 21.4. The zero-order chi connectivity index (χ0) is 14.6. The number of amides is 1. The predicted octanol–water partition coefficient (Wildman–Crippen LogP) is -0.503. The molecule has 19 heavy (non-hydrogen) atoms. The van der Waals surface area contributed by atoms with Gasteiger partial charge in [-0.3, -0.25) is 4.79 Å². The highest BCUT2D eigenvalue weighted by Gasteiger charge is 2.21. The maximum absolute atomic E-state index is 10.7. The van der Waals surface area contributed by atoms with Crippen LogP contribution in [0.4, 0.5) is 5.69 Å². The van der Waals surface area contributed by atoms with Crippen LogP contribution < -0.4 is 11.1 Å². The third kappa shape index (κ3) is 3.94. The molecule has 0 aliphatic carbocycles. The largest absolute Gasteiger partial charge is 0.478 e. The molecule has 7 heteroatoms. The average molecular weight is 268 g/mol. The second-order valence-electron chi connectivity index (χ2n) is 4.10. The Hall–Kier alpha value is -2.12. The maximum Gasteiger partial charge on any atom is 0.335 e. The van der Waals surface area contributed by atoms with Gasteiger partial charge in [-0.25, -0.2) is 4.79 Å². The molecule has 0 heterocycles. The van der Waals surface area contributed by atoms with Crippen molar-refractivity contribution in [1.82, 2.24) is 5.32 Å². The Balaban J connectivity index is 2.84. The predicted molar refractivity (Wildman–Crippen MR) is 67.5 cm³/mol. The first-order chi connectivity index (χ1) is 8.82. The Morgan fingerprint density at radius 1 is 1.37 bits per heavy atom. The van der Waals surface area contributed by atoms with E-state index in [4.69, 9.17) is 10.8 Å². The van der Waals surface area contributed by atoms with E-state index in [1.807, 2.05) is 0 Å². The van der Waals surface area contributed by atoms with Crippen LogP contribution in [0.5, 0.6) is 0 Å². The maximum atomic E-state index is 10.7. The number of anilines is 1. The monoisotopic (exact) mass is 268 g/mol. The van der Waals surface area contributed by atoms with Crippen LogP contribution in [0.1, 0.15) is 28.9 Å². The number of rotatable bonds is 5. The Bertz CT molecular complexity index is 489. The number of hydrogen-bond acceptors (Lipinski definition) is 5. The highest BCUT2D eigenvalue weighted by atomic mass is 16.4. The van der Waals surface area contributed by atoms with Gasteiger partial charge >= 0.3 is 5.97 Å².